The molecule has 1 aliphatic heterocycles. The van der Waals surface area contributed by atoms with E-state index in [-0.39, 0.29) is 46.4 Å². The maximum atomic E-state index is 12.7. The highest BCUT2D eigenvalue weighted by Gasteiger charge is 2.58. The molecule has 4 rings (SSSR count). The molecular formula is C21H28N4O4. The van der Waals surface area contributed by atoms with E-state index in [9.17, 15) is 14.4 Å². The van der Waals surface area contributed by atoms with Gasteiger partial charge in [0.05, 0.1) is 0 Å². The van der Waals surface area contributed by atoms with Crippen LogP contribution in [0.1, 0.15) is 63.2 Å². The van der Waals surface area contributed by atoms with Gasteiger partial charge in [-0.25, -0.2) is 9.78 Å². The average molecular weight is 400 g/mol. The van der Waals surface area contributed by atoms with Gasteiger partial charge in [0.25, 0.3) is 11.8 Å². The lowest BCUT2D eigenvalue weighted by atomic mass is 9.52. The van der Waals surface area contributed by atoms with E-state index in [0.29, 0.717) is 6.42 Å². The van der Waals surface area contributed by atoms with Crippen LogP contribution in [-0.4, -0.2) is 45.9 Å². The standard InChI is InChI=1S/C21H28N4O4/c1-20(2,3)11-15-18(27)25(19(28)24-15)12-7-21(8-12)9-13(10-21)29-17-14(16(22)26)5-4-6-23-17/h4-6,12-13,15H,7-11H2,1-3H3,(H2,22,26)(H,24,28)/t12?,13?,15-,21?/m0/s1. The van der Waals surface area contributed by atoms with Crippen molar-refractivity contribution >= 4 is 17.8 Å². The molecule has 3 N–H and O–H groups in total. The Morgan fingerprint density at radius 3 is 2.62 bits per heavy atom. The number of hydrogen-bond donors (Lipinski definition) is 2. The Balaban J connectivity index is 1.31. The predicted octanol–water partition coefficient (Wildman–Crippen LogP) is 2.23. The number of amides is 4. The molecule has 1 aromatic heterocycles. The van der Waals surface area contributed by atoms with E-state index in [1.54, 1.807) is 18.3 Å². The summed E-state index contributed by atoms with van der Waals surface area (Å²) in [7, 11) is 0. The molecule has 4 amide bonds. The van der Waals surface area contributed by atoms with Crippen LogP contribution in [0.5, 0.6) is 5.88 Å². The number of carbonyl (C=O) groups excluding carboxylic acids is 3. The van der Waals surface area contributed by atoms with Gasteiger partial charge in [0.1, 0.15) is 17.7 Å². The van der Waals surface area contributed by atoms with Gasteiger partial charge >= 0.3 is 6.03 Å². The van der Waals surface area contributed by atoms with Crippen molar-refractivity contribution in [3.63, 3.8) is 0 Å². The number of ether oxygens (including phenoxy) is 1. The molecule has 1 saturated heterocycles. The fourth-order valence-corrected chi connectivity index (χ4v) is 4.92. The van der Waals surface area contributed by atoms with Crippen LogP contribution in [0.4, 0.5) is 4.79 Å². The highest BCUT2D eigenvalue weighted by molar-refractivity contribution is 6.04. The molecule has 1 atom stereocenters. The van der Waals surface area contributed by atoms with E-state index in [2.05, 4.69) is 31.1 Å². The van der Waals surface area contributed by atoms with Gasteiger partial charge in [-0.3, -0.25) is 14.5 Å². The van der Waals surface area contributed by atoms with Crippen molar-refractivity contribution in [1.29, 1.82) is 0 Å². The zero-order valence-corrected chi connectivity index (χ0v) is 17.1. The second kappa shape index (κ2) is 6.71. The number of aromatic nitrogens is 1. The fourth-order valence-electron chi connectivity index (χ4n) is 4.92. The summed E-state index contributed by atoms with van der Waals surface area (Å²) >= 11 is 0. The normalized spacial score (nSPS) is 31.3. The average Bonchev–Trinajstić information content (AvgIpc) is 2.81. The quantitative estimate of drug-likeness (QED) is 0.736. The molecule has 2 aliphatic carbocycles. The summed E-state index contributed by atoms with van der Waals surface area (Å²) in [5, 5.41) is 2.84. The number of rotatable bonds is 5. The third-order valence-corrected chi connectivity index (χ3v) is 6.21. The van der Waals surface area contributed by atoms with Gasteiger partial charge in [-0.2, -0.15) is 0 Å². The Labute approximate surface area is 170 Å². The molecule has 0 radical (unpaired) electrons. The summed E-state index contributed by atoms with van der Waals surface area (Å²) in [5.41, 5.74) is 5.73. The summed E-state index contributed by atoms with van der Waals surface area (Å²) in [5.74, 6) is -0.388. The Morgan fingerprint density at radius 2 is 2.00 bits per heavy atom. The maximum absolute atomic E-state index is 12.7. The predicted molar refractivity (Wildman–Crippen MR) is 105 cm³/mol. The first kappa shape index (κ1) is 19.7. The zero-order chi connectivity index (χ0) is 21.0. The number of nitrogens with two attached hydrogens (primary N) is 1. The molecule has 29 heavy (non-hydrogen) atoms. The molecule has 3 aliphatic rings. The van der Waals surface area contributed by atoms with E-state index >= 15 is 0 Å². The van der Waals surface area contributed by atoms with E-state index in [1.165, 1.54) is 4.90 Å². The Kier molecular flexibility index (Phi) is 4.55. The van der Waals surface area contributed by atoms with Crippen molar-refractivity contribution in [1.82, 2.24) is 15.2 Å². The minimum Gasteiger partial charge on any atom is -0.474 e. The Morgan fingerprint density at radius 1 is 1.31 bits per heavy atom. The SMILES string of the molecule is CC(C)(C)C[C@@H]1NC(=O)N(C2CC3(CC(Oc4ncccc4C(N)=O)C3)C2)C1=O. The summed E-state index contributed by atoms with van der Waals surface area (Å²) in [4.78, 5) is 42.1. The molecule has 156 valence electrons. The van der Waals surface area contributed by atoms with E-state index in [1.807, 2.05) is 0 Å². The highest BCUT2D eigenvalue weighted by Crippen LogP contribution is 2.58. The second-order valence-electron chi connectivity index (χ2n) is 9.91. The van der Waals surface area contributed by atoms with Crippen molar-refractivity contribution in [3.05, 3.63) is 23.9 Å². The summed E-state index contributed by atoms with van der Waals surface area (Å²) in [6, 6.07) is 2.52. The van der Waals surface area contributed by atoms with Gasteiger partial charge in [0, 0.05) is 12.2 Å². The van der Waals surface area contributed by atoms with E-state index in [4.69, 9.17) is 10.5 Å². The summed E-state index contributed by atoms with van der Waals surface area (Å²) < 4.78 is 5.88. The van der Waals surface area contributed by atoms with Crippen molar-refractivity contribution < 1.29 is 19.1 Å². The molecule has 0 bridgehead atoms. The van der Waals surface area contributed by atoms with E-state index < -0.39 is 11.9 Å². The van der Waals surface area contributed by atoms with Gasteiger partial charge in [-0.15, -0.1) is 0 Å². The lowest BCUT2D eigenvalue weighted by Gasteiger charge is -2.58. The summed E-state index contributed by atoms with van der Waals surface area (Å²) in [6.07, 6.45) is 5.44. The van der Waals surface area contributed by atoms with Crippen LogP contribution in [0.2, 0.25) is 0 Å². The maximum Gasteiger partial charge on any atom is 0.325 e. The number of imide groups is 1. The zero-order valence-electron chi connectivity index (χ0n) is 17.1. The molecule has 3 fully saturated rings. The monoisotopic (exact) mass is 400 g/mol. The molecule has 2 saturated carbocycles. The first-order chi connectivity index (χ1) is 13.6. The molecule has 0 aromatic carbocycles. The number of nitrogens with one attached hydrogen (secondary N) is 1. The topological polar surface area (TPSA) is 115 Å². The smallest absolute Gasteiger partial charge is 0.325 e. The number of urea groups is 1. The second-order valence-corrected chi connectivity index (χ2v) is 9.91. The van der Waals surface area contributed by atoms with Crippen molar-refractivity contribution in [3.8, 4) is 5.88 Å². The van der Waals surface area contributed by atoms with Crippen LogP contribution < -0.4 is 15.8 Å². The van der Waals surface area contributed by atoms with Gasteiger partial charge in [0.2, 0.25) is 5.88 Å². The molecule has 8 heteroatoms. The fraction of sp³-hybridized carbons (Fsp3) is 0.619. The van der Waals surface area contributed by atoms with Crippen molar-refractivity contribution in [2.24, 2.45) is 16.6 Å². The highest BCUT2D eigenvalue weighted by atomic mass is 16.5. The number of pyridine rings is 1. The Bertz CT molecular complexity index is 848. The molecule has 8 nitrogen and oxygen atoms in total. The molecular weight excluding hydrogens is 372 g/mol. The van der Waals surface area contributed by atoms with Crippen molar-refractivity contribution in [2.75, 3.05) is 0 Å². The van der Waals surface area contributed by atoms with Gasteiger partial charge in [0.15, 0.2) is 0 Å². The molecule has 1 aromatic rings. The number of carbonyl (C=O) groups is 3. The van der Waals surface area contributed by atoms with E-state index in [0.717, 1.165) is 25.7 Å². The molecule has 1 spiro atoms. The van der Waals surface area contributed by atoms with Crippen LogP contribution in [0.25, 0.3) is 0 Å². The largest absolute Gasteiger partial charge is 0.474 e. The third kappa shape index (κ3) is 3.68. The van der Waals surface area contributed by atoms with Crippen LogP contribution in [0.15, 0.2) is 18.3 Å². The van der Waals surface area contributed by atoms with Crippen LogP contribution in [-0.2, 0) is 4.79 Å². The van der Waals surface area contributed by atoms with Gasteiger partial charge < -0.3 is 15.8 Å². The lowest BCUT2D eigenvalue weighted by molar-refractivity contribution is -0.141. The van der Waals surface area contributed by atoms with Crippen molar-refractivity contribution in [2.45, 2.75) is 71.1 Å². The minimum absolute atomic E-state index is 0.0271. The van der Waals surface area contributed by atoms with Gasteiger partial charge in [-0.1, -0.05) is 20.8 Å². The minimum atomic E-state index is -0.561. The van der Waals surface area contributed by atoms with Crippen LogP contribution >= 0.6 is 0 Å². The van der Waals surface area contributed by atoms with Gasteiger partial charge in [-0.05, 0) is 55.1 Å². The summed E-state index contributed by atoms with van der Waals surface area (Å²) in [6.45, 7) is 6.19. The number of hydrogen-bond acceptors (Lipinski definition) is 5. The first-order valence-corrected chi connectivity index (χ1v) is 10.1. The van der Waals surface area contributed by atoms with Crippen LogP contribution in [0.3, 0.4) is 0 Å². The first-order valence-electron chi connectivity index (χ1n) is 10.1. The number of nitrogens with zero attached hydrogens (tertiary/aromatic N) is 2. The number of primary amides is 1. The molecule has 2 heterocycles. The third-order valence-electron chi connectivity index (χ3n) is 6.21. The molecule has 0 unspecified atom stereocenters. The Hall–Kier alpha value is -2.64. The van der Waals surface area contributed by atoms with Crippen LogP contribution in [0, 0.1) is 10.8 Å². The lowest BCUT2D eigenvalue weighted by Crippen LogP contribution is -2.60.